The van der Waals surface area contributed by atoms with Crippen LogP contribution in [0.15, 0.2) is 0 Å². The molecule has 12 heavy (non-hydrogen) atoms. The van der Waals surface area contributed by atoms with Crippen LogP contribution < -0.4 is 0 Å². The third-order valence-electron chi connectivity index (χ3n) is 1.71. The van der Waals surface area contributed by atoms with Crippen LogP contribution in [0.1, 0.15) is 46.0 Å². The fraction of sp³-hybridized carbons (Fsp3) is 0.900. The molecular weight excluding hydrogens is 152 g/mol. The van der Waals surface area contributed by atoms with E-state index in [-0.39, 0.29) is 5.78 Å². The van der Waals surface area contributed by atoms with Crippen LogP contribution >= 0.6 is 0 Å². The summed E-state index contributed by atoms with van der Waals surface area (Å²) in [5.41, 5.74) is 0. The summed E-state index contributed by atoms with van der Waals surface area (Å²) in [6.07, 6.45) is 5.03. The fourth-order valence-corrected chi connectivity index (χ4v) is 0.927. The second-order valence-corrected chi connectivity index (χ2v) is 3.13. The van der Waals surface area contributed by atoms with Crippen molar-refractivity contribution < 1.29 is 9.53 Å². The Hall–Kier alpha value is -0.370. The van der Waals surface area contributed by atoms with E-state index in [1.165, 1.54) is 6.42 Å². The normalized spacial score (nSPS) is 10.2. The molecule has 0 atom stereocenters. The molecule has 0 aromatic rings. The van der Waals surface area contributed by atoms with Crippen LogP contribution in [0.5, 0.6) is 0 Å². The van der Waals surface area contributed by atoms with Crippen molar-refractivity contribution in [1.82, 2.24) is 0 Å². The lowest BCUT2D eigenvalue weighted by atomic mass is 10.2. The molecule has 0 aliphatic carbocycles. The molecule has 0 radical (unpaired) electrons. The highest BCUT2D eigenvalue weighted by molar-refractivity contribution is 5.75. The van der Waals surface area contributed by atoms with Crippen molar-refractivity contribution >= 4 is 5.78 Å². The highest BCUT2D eigenvalue weighted by Crippen LogP contribution is 1.97. The number of ether oxygens (including phenoxy) is 1. The number of unbranched alkanes of at least 4 members (excludes halogenated alkanes) is 2. The maximum atomic E-state index is 10.5. The smallest absolute Gasteiger partial charge is 0.129 e. The number of Topliss-reactive ketones (excluding diaryl/α,β-unsaturated/α-hetero) is 1. The molecule has 2 heteroatoms. The zero-order valence-electron chi connectivity index (χ0n) is 8.27. The monoisotopic (exact) mass is 172 g/mol. The van der Waals surface area contributed by atoms with Crippen molar-refractivity contribution in [2.75, 3.05) is 13.2 Å². The summed E-state index contributed by atoms with van der Waals surface area (Å²) in [6.45, 7) is 5.47. The van der Waals surface area contributed by atoms with Gasteiger partial charge in [0.15, 0.2) is 0 Å². The number of ketones is 1. The molecule has 0 N–H and O–H groups in total. The Labute approximate surface area is 75.3 Å². The average molecular weight is 172 g/mol. The quantitative estimate of drug-likeness (QED) is 0.526. The van der Waals surface area contributed by atoms with E-state index in [1.807, 2.05) is 0 Å². The summed E-state index contributed by atoms with van der Waals surface area (Å²) in [5, 5.41) is 0. The zero-order chi connectivity index (χ0) is 9.23. The van der Waals surface area contributed by atoms with Gasteiger partial charge in [0.25, 0.3) is 0 Å². The van der Waals surface area contributed by atoms with Crippen molar-refractivity contribution in [2.24, 2.45) is 0 Å². The molecule has 0 rings (SSSR count). The van der Waals surface area contributed by atoms with Gasteiger partial charge in [-0.1, -0.05) is 13.3 Å². The molecule has 0 fully saturated rings. The molecule has 0 aliphatic heterocycles. The minimum Gasteiger partial charge on any atom is -0.381 e. The van der Waals surface area contributed by atoms with Crippen LogP contribution in [-0.4, -0.2) is 19.0 Å². The van der Waals surface area contributed by atoms with Crippen LogP contribution in [-0.2, 0) is 9.53 Å². The van der Waals surface area contributed by atoms with Gasteiger partial charge in [-0.25, -0.2) is 0 Å². The van der Waals surface area contributed by atoms with E-state index in [0.29, 0.717) is 6.42 Å². The number of carbonyl (C=O) groups excluding carboxylic acids is 1. The minimum absolute atomic E-state index is 0.281. The second-order valence-electron chi connectivity index (χ2n) is 3.13. The first-order chi connectivity index (χ1) is 5.77. The van der Waals surface area contributed by atoms with Crippen molar-refractivity contribution in [3.8, 4) is 0 Å². The van der Waals surface area contributed by atoms with Gasteiger partial charge in [0.2, 0.25) is 0 Å². The molecule has 0 aromatic heterocycles. The lowest BCUT2D eigenvalue weighted by Gasteiger charge is -2.01. The zero-order valence-corrected chi connectivity index (χ0v) is 8.27. The van der Waals surface area contributed by atoms with Crippen LogP contribution in [0.4, 0.5) is 0 Å². The first-order valence-corrected chi connectivity index (χ1v) is 4.84. The van der Waals surface area contributed by atoms with Crippen molar-refractivity contribution in [3.63, 3.8) is 0 Å². The Morgan fingerprint density at radius 2 is 1.83 bits per heavy atom. The largest absolute Gasteiger partial charge is 0.381 e. The highest BCUT2D eigenvalue weighted by atomic mass is 16.5. The topological polar surface area (TPSA) is 26.3 Å². The Morgan fingerprint density at radius 3 is 2.42 bits per heavy atom. The van der Waals surface area contributed by atoms with E-state index in [4.69, 9.17) is 4.74 Å². The van der Waals surface area contributed by atoms with Crippen molar-refractivity contribution in [3.05, 3.63) is 0 Å². The molecule has 0 aromatic carbocycles. The Bertz CT molecular complexity index is 110. The predicted octanol–water partition coefficient (Wildman–Crippen LogP) is 2.56. The van der Waals surface area contributed by atoms with Gasteiger partial charge in [-0.15, -0.1) is 0 Å². The molecule has 0 bridgehead atoms. The van der Waals surface area contributed by atoms with Crippen LogP contribution in [0.25, 0.3) is 0 Å². The van der Waals surface area contributed by atoms with Gasteiger partial charge in [-0.2, -0.15) is 0 Å². The van der Waals surface area contributed by atoms with Gasteiger partial charge in [-0.3, -0.25) is 0 Å². The van der Waals surface area contributed by atoms with E-state index >= 15 is 0 Å². The number of rotatable bonds is 8. The molecule has 0 saturated heterocycles. The molecule has 0 amide bonds. The van der Waals surface area contributed by atoms with Gasteiger partial charge in [0, 0.05) is 19.6 Å². The highest BCUT2D eigenvalue weighted by Gasteiger charge is 1.93. The van der Waals surface area contributed by atoms with Crippen LogP contribution in [0.2, 0.25) is 0 Å². The van der Waals surface area contributed by atoms with Gasteiger partial charge >= 0.3 is 0 Å². The summed E-state index contributed by atoms with van der Waals surface area (Å²) in [7, 11) is 0. The predicted molar refractivity (Wildman–Crippen MR) is 50.3 cm³/mol. The maximum Gasteiger partial charge on any atom is 0.129 e. The number of carbonyl (C=O) groups is 1. The van der Waals surface area contributed by atoms with Crippen LogP contribution in [0.3, 0.4) is 0 Å². The SMILES string of the molecule is CCCCOCCCCC(C)=O. The van der Waals surface area contributed by atoms with E-state index in [1.54, 1.807) is 6.92 Å². The minimum atomic E-state index is 0.281. The summed E-state index contributed by atoms with van der Waals surface area (Å²) in [6, 6.07) is 0. The molecule has 2 nitrogen and oxygen atoms in total. The first kappa shape index (κ1) is 11.6. The molecule has 0 heterocycles. The Kier molecular flexibility index (Phi) is 8.46. The lowest BCUT2D eigenvalue weighted by Crippen LogP contribution is -1.98. The molecular formula is C10H20O2. The maximum absolute atomic E-state index is 10.5. The first-order valence-electron chi connectivity index (χ1n) is 4.84. The average Bonchev–Trinajstić information content (AvgIpc) is 2.02. The standard InChI is InChI=1S/C10H20O2/c1-3-4-8-12-9-6-5-7-10(2)11/h3-9H2,1-2H3. The Balaban J connectivity index is 2.86. The number of hydrogen-bond donors (Lipinski definition) is 0. The summed E-state index contributed by atoms with van der Waals surface area (Å²) in [5.74, 6) is 0.281. The summed E-state index contributed by atoms with van der Waals surface area (Å²) >= 11 is 0. The molecule has 0 saturated carbocycles. The van der Waals surface area contributed by atoms with E-state index in [0.717, 1.165) is 32.5 Å². The van der Waals surface area contributed by atoms with E-state index in [2.05, 4.69) is 6.92 Å². The molecule has 0 aliphatic rings. The lowest BCUT2D eigenvalue weighted by molar-refractivity contribution is -0.117. The molecule has 0 unspecified atom stereocenters. The molecule has 72 valence electrons. The third kappa shape index (κ3) is 9.63. The summed E-state index contributed by atoms with van der Waals surface area (Å²) < 4.78 is 5.34. The Morgan fingerprint density at radius 1 is 1.17 bits per heavy atom. The van der Waals surface area contributed by atoms with Gasteiger partial charge in [0.05, 0.1) is 0 Å². The van der Waals surface area contributed by atoms with Crippen molar-refractivity contribution in [2.45, 2.75) is 46.0 Å². The van der Waals surface area contributed by atoms with Crippen molar-refractivity contribution in [1.29, 1.82) is 0 Å². The van der Waals surface area contributed by atoms with Gasteiger partial charge in [0.1, 0.15) is 5.78 Å². The second kappa shape index (κ2) is 8.72. The third-order valence-corrected chi connectivity index (χ3v) is 1.71. The molecule has 0 spiro atoms. The van der Waals surface area contributed by atoms with E-state index < -0.39 is 0 Å². The van der Waals surface area contributed by atoms with Gasteiger partial charge in [-0.05, 0) is 26.2 Å². The van der Waals surface area contributed by atoms with Crippen LogP contribution in [0, 0.1) is 0 Å². The number of hydrogen-bond acceptors (Lipinski definition) is 2. The summed E-state index contributed by atoms with van der Waals surface area (Å²) in [4.78, 5) is 10.5. The van der Waals surface area contributed by atoms with Gasteiger partial charge < -0.3 is 9.53 Å². The fourth-order valence-electron chi connectivity index (χ4n) is 0.927. The van der Waals surface area contributed by atoms with E-state index in [9.17, 15) is 4.79 Å².